The summed E-state index contributed by atoms with van der Waals surface area (Å²) in [5, 5.41) is 0. The van der Waals surface area contributed by atoms with E-state index in [1.807, 2.05) is 13.8 Å². The molecule has 0 heterocycles. The molecule has 6 atom stereocenters. The van der Waals surface area contributed by atoms with E-state index < -0.39 is 0 Å². The van der Waals surface area contributed by atoms with Gasteiger partial charge in [-0.3, -0.25) is 9.59 Å². The molecule has 216 valence electrons. The Kier molecular flexibility index (Phi) is 15.3. The first-order chi connectivity index (χ1) is 18.9. The van der Waals surface area contributed by atoms with Gasteiger partial charge in [0, 0.05) is 6.08 Å². The second-order valence-corrected chi connectivity index (χ2v) is 10.4. The summed E-state index contributed by atoms with van der Waals surface area (Å²) in [6, 6.07) is 0. The lowest BCUT2D eigenvalue weighted by Gasteiger charge is -2.15. The van der Waals surface area contributed by atoms with E-state index in [1.54, 1.807) is 6.92 Å². The third-order valence-electron chi connectivity index (χ3n) is 7.20. The third-order valence-corrected chi connectivity index (χ3v) is 7.20. The van der Waals surface area contributed by atoms with E-state index in [0.717, 1.165) is 25.3 Å². The highest BCUT2D eigenvalue weighted by Gasteiger charge is 2.41. The summed E-state index contributed by atoms with van der Waals surface area (Å²) in [6.07, 6.45) is 28.3. The topological polar surface area (TPSA) is 78.9 Å². The number of carbonyl (C=O) groups is 3. The Hall–Kier alpha value is -2.89. The van der Waals surface area contributed by atoms with Crippen LogP contribution in [0.2, 0.25) is 0 Å². The molecule has 6 nitrogen and oxygen atoms in total. The van der Waals surface area contributed by atoms with Crippen LogP contribution < -0.4 is 0 Å². The zero-order valence-electron chi connectivity index (χ0n) is 24.1. The molecule has 6 aliphatic carbocycles. The molecule has 0 aromatic heterocycles. The lowest BCUT2D eigenvalue weighted by molar-refractivity contribution is -0.149. The smallest absolute Gasteiger partial charge is 0.330 e. The molecule has 0 radical (unpaired) electrons. The first kappa shape index (κ1) is 32.3. The SMILES string of the molecule is C1=CCC=C1.C1CC1.C=CC(=O)OCC.CCOC(=O)[C@@H]1CC2C=CC1C2.CCOC(=O)[C@H]1CC2C=CC1C2. The van der Waals surface area contributed by atoms with Crippen molar-refractivity contribution in [1.82, 2.24) is 0 Å². The lowest BCUT2D eigenvalue weighted by atomic mass is 9.94. The van der Waals surface area contributed by atoms with Gasteiger partial charge in [0.15, 0.2) is 0 Å². The molecule has 6 heteroatoms. The van der Waals surface area contributed by atoms with Crippen LogP contribution in [0.4, 0.5) is 0 Å². The number of esters is 3. The van der Waals surface area contributed by atoms with Crippen LogP contribution in [-0.4, -0.2) is 37.7 Å². The summed E-state index contributed by atoms with van der Waals surface area (Å²) in [5.74, 6) is 2.27. The summed E-state index contributed by atoms with van der Waals surface area (Å²) in [4.78, 5) is 32.8. The molecule has 4 unspecified atom stereocenters. The number of fused-ring (bicyclic) bond motifs is 4. The average Bonchev–Trinajstić information content (AvgIpc) is 3.46. The van der Waals surface area contributed by atoms with Crippen molar-refractivity contribution in [3.05, 3.63) is 61.3 Å². The quantitative estimate of drug-likeness (QED) is 0.157. The molecule has 39 heavy (non-hydrogen) atoms. The van der Waals surface area contributed by atoms with E-state index in [4.69, 9.17) is 9.47 Å². The molecule has 0 spiro atoms. The Morgan fingerprint density at radius 3 is 1.33 bits per heavy atom. The fourth-order valence-electron chi connectivity index (χ4n) is 5.20. The van der Waals surface area contributed by atoms with Crippen molar-refractivity contribution >= 4 is 17.9 Å². The fourth-order valence-corrected chi connectivity index (χ4v) is 5.20. The zero-order chi connectivity index (χ0) is 28.5. The number of hydrogen-bond acceptors (Lipinski definition) is 6. The van der Waals surface area contributed by atoms with Crippen molar-refractivity contribution in [2.75, 3.05) is 19.8 Å². The summed E-state index contributed by atoms with van der Waals surface area (Å²) in [6.45, 7) is 10.1. The van der Waals surface area contributed by atoms with Gasteiger partial charge in [0.25, 0.3) is 0 Å². The minimum absolute atomic E-state index is 0.00866. The van der Waals surface area contributed by atoms with Gasteiger partial charge in [0.2, 0.25) is 0 Å². The number of rotatable bonds is 6. The minimum atomic E-state index is -0.359. The van der Waals surface area contributed by atoms with Gasteiger partial charge in [-0.25, -0.2) is 4.79 Å². The molecule has 0 aliphatic heterocycles. The van der Waals surface area contributed by atoms with Crippen molar-refractivity contribution in [2.45, 2.75) is 72.1 Å². The Morgan fingerprint density at radius 1 is 0.692 bits per heavy atom. The van der Waals surface area contributed by atoms with E-state index in [-0.39, 0.29) is 29.7 Å². The van der Waals surface area contributed by atoms with Crippen molar-refractivity contribution in [2.24, 2.45) is 35.5 Å². The van der Waals surface area contributed by atoms with Gasteiger partial charge < -0.3 is 14.2 Å². The van der Waals surface area contributed by atoms with Crippen molar-refractivity contribution in [3.63, 3.8) is 0 Å². The summed E-state index contributed by atoms with van der Waals surface area (Å²) >= 11 is 0. The van der Waals surface area contributed by atoms with Gasteiger partial charge in [-0.1, -0.05) is 74.4 Å². The fraction of sp³-hybridized carbons (Fsp3) is 0.606. The zero-order valence-corrected chi connectivity index (χ0v) is 24.1. The second-order valence-electron chi connectivity index (χ2n) is 10.4. The molecule has 0 aromatic carbocycles. The lowest BCUT2D eigenvalue weighted by Crippen LogP contribution is -2.21. The van der Waals surface area contributed by atoms with E-state index in [1.165, 1.54) is 32.1 Å². The number of carbonyl (C=O) groups excluding carboxylic acids is 3. The number of allylic oxidation sites excluding steroid dienone is 8. The maximum atomic E-state index is 11.4. The summed E-state index contributed by atoms with van der Waals surface area (Å²) in [7, 11) is 0. The number of hydrogen-bond donors (Lipinski definition) is 0. The molecular weight excluding hydrogens is 492 g/mol. The largest absolute Gasteiger partial charge is 0.466 e. The molecule has 3 fully saturated rings. The maximum absolute atomic E-state index is 11.4. The van der Waals surface area contributed by atoms with Gasteiger partial charge in [0.05, 0.1) is 31.7 Å². The Labute approximate surface area is 235 Å². The van der Waals surface area contributed by atoms with Gasteiger partial charge in [-0.05, 0) is 76.5 Å². The average molecular weight is 541 g/mol. The van der Waals surface area contributed by atoms with E-state index >= 15 is 0 Å². The first-order valence-corrected chi connectivity index (χ1v) is 14.7. The van der Waals surface area contributed by atoms with Crippen LogP contribution in [0.5, 0.6) is 0 Å². The highest BCUT2D eigenvalue weighted by Crippen LogP contribution is 2.44. The van der Waals surface area contributed by atoms with Crippen molar-refractivity contribution in [1.29, 1.82) is 0 Å². The number of ether oxygens (including phenoxy) is 3. The highest BCUT2D eigenvalue weighted by atomic mass is 16.5. The Bertz CT molecular complexity index is 835. The van der Waals surface area contributed by atoms with Crippen LogP contribution in [0.3, 0.4) is 0 Å². The van der Waals surface area contributed by atoms with E-state index in [0.29, 0.717) is 43.5 Å². The van der Waals surface area contributed by atoms with Gasteiger partial charge >= 0.3 is 17.9 Å². The van der Waals surface area contributed by atoms with E-state index in [2.05, 4.69) is 59.9 Å². The molecule has 3 saturated carbocycles. The highest BCUT2D eigenvalue weighted by molar-refractivity contribution is 5.81. The monoisotopic (exact) mass is 540 g/mol. The van der Waals surface area contributed by atoms with Crippen LogP contribution in [0.1, 0.15) is 72.1 Å². The van der Waals surface area contributed by atoms with Crippen LogP contribution in [0, 0.1) is 35.5 Å². The molecule has 6 aliphatic rings. The molecule has 0 saturated heterocycles. The Morgan fingerprint density at radius 2 is 1.13 bits per heavy atom. The third kappa shape index (κ3) is 12.2. The van der Waals surface area contributed by atoms with Crippen molar-refractivity contribution in [3.8, 4) is 0 Å². The van der Waals surface area contributed by atoms with E-state index in [9.17, 15) is 14.4 Å². The normalized spacial score (nSPS) is 28.4. The molecular formula is C33H48O6. The van der Waals surface area contributed by atoms with Crippen LogP contribution >= 0.6 is 0 Å². The van der Waals surface area contributed by atoms with Crippen LogP contribution in [0.25, 0.3) is 0 Å². The van der Waals surface area contributed by atoms with Crippen molar-refractivity contribution < 1.29 is 28.6 Å². The predicted octanol–water partition coefficient (Wildman–Crippen LogP) is 6.93. The predicted molar refractivity (Wildman–Crippen MR) is 155 cm³/mol. The second kappa shape index (κ2) is 18.4. The first-order valence-electron chi connectivity index (χ1n) is 14.7. The van der Waals surface area contributed by atoms with Crippen LogP contribution in [0.15, 0.2) is 61.3 Å². The molecule has 0 aromatic rings. The summed E-state index contributed by atoms with van der Waals surface area (Å²) in [5.41, 5.74) is 0. The molecule has 6 rings (SSSR count). The molecule has 0 amide bonds. The van der Waals surface area contributed by atoms with Crippen LogP contribution in [-0.2, 0) is 28.6 Å². The standard InChI is InChI=1S/2C10H14O2.C5H8O2.C5H6.C3H6/c2*1-2-12-10(11)9-6-7-3-4-8(9)5-7;1-3-5(6)7-4-2;1-2-4-5-3-1;1-2-3-1/h2*3-4,7-9H,2,5-6H2,1H3;3H,1,4H2,2H3;1-4H,5H2;1-3H2/t2*7?,8?,9-;;;/m10.../s1. The van der Waals surface area contributed by atoms with Gasteiger partial charge in [-0.15, -0.1) is 0 Å². The molecule has 0 N–H and O–H groups in total. The minimum Gasteiger partial charge on any atom is -0.466 e. The van der Waals surface area contributed by atoms with Gasteiger partial charge in [0.1, 0.15) is 0 Å². The molecule has 4 bridgehead atoms. The Balaban J connectivity index is 0.000000184. The summed E-state index contributed by atoms with van der Waals surface area (Å²) < 4.78 is 14.4. The van der Waals surface area contributed by atoms with Gasteiger partial charge in [-0.2, -0.15) is 0 Å². The maximum Gasteiger partial charge on any atom is 0.330 e.